The van der Waals surface area contributed by atoms with Gasteiger partial charge in [0.25, 0.3) is 5.91 Å². The van der Waals surface area contributed by atoms with Crippen LogP contribution in [0.3, 0.4) is 0 Å². The van der Waals surface area contributed by atoms with Crippen molar-refractivity contribution in [2.75, 3.05) is 7.05 Å². The molecular formula is C21H21ClN2O4. The second kappa shape index (κ2) is 7.43. The minimum atomic E-state index is -0.538. The highest BCUT2D eigenvalue weighted by molar-refractivity contribution is 6.30. The summed E-state index contributed by atoms with van der Waals surface area (Å²) in [6.45, 7) is 0. The summed E-state index contributed by atoms with van der Waals surface area (Å²) in [6.07, 6.45) is 4.85. The van der Waals surface area contributed by atoms with E-state index in [1.807, 2.05) is 11.9 Å². The van der Waals surface area contributed by atoms with E-state index >= 15 is 0 Å². The maximum Gasteiger partial charge on any atom is 0.313 e. The van der Waals surface area contributed by atoms with Crippen molar-refractivity contribution in [2.24, 2.45) is 11.8 Å². The van der Waals surface area contributed by atoms with Gasteiger partial charge in [0.2, 0.25) is 5.75 Å². The Labute approximate surface area is 168 Å². The first kappa shape index (κ1) is 18.7. The topological polar surface area (TPSA) is 72.7 Å². The number of carbonyl (C=O) groups excluding carboxylic acids is 1. The zero-order valence-electron chi connectivity index (χ0n) is 15.5. The van der Waals surface area contributed by atoms with Crippen LogP contribution >= 0.6 is 11.6 Å². The number of nitro groups is 1. The van der Waals surface area contributed by atoms with Crippen molar-refractivity contribution in [2.45, 2.75) is 31.7 Å². The Bertz CT molecular complexity index is 895. The number of carbonyl (C=O) groups is 1. The van der Waals surface area contributed by atoms with Gasteiger partial charge in [0.15, 0.2) is 0 Å². The van der Waals surface area contributed by atoms with Crippen molar-refractivity contribution in [3.8, 4) is 11.5 Å². The molecule has 146 valence electrons. The number of ether oxygens (including phenoxy) is 1. The molecule has 2 saturated carbocycles. The van der Waals surface area contributed by atoms with E-state index in [0.29, 0.717) is 29.2 Å². The third kappa shape index (κ3) is 3.97. The van der Waals surface area contributed by atoms with E-state index in [1.165, 1.54) is 43.9 Å². The molecular weight excluding hydrogens is 380 g/mol. The van der Waals surface area contributed by atoms with Crippen molar-refractivity contribution in [3.05, 3.63) is 63.2 Å². The highest BCUT2D eigenvalue weighted by Crippen LogP contribution is 2.47. The van der Waals surface area contributed by atoms with E-state index in [0.717, 1.165) is 0 Å². The molecule has 0 heterocycles. The van der Waals surface area contributed by atoms with E-state index in [1.54, 1.807) is 24.3 Å². The predicted octanol–water partition coefficient (Wildman–Crippen LogP) is 5.30. The Kier molecular flexibility index (Phi) is 4.98. The Hall–Kier alpha value is -2.60. The van der Waals surface area contributed by atoms with Crippen LogP contribution in [0.1, 0.15) is 36.0 Å². The molecule has 0 saturated heterocycles. The molecule has 7 heteroatoms. The van der Waals surface area contributed by atoms with E-state index in [2.05, 4.69) is 0 Å². The van der Waals surface area contributed by atoms with E-state index in [4.69, 9.17) is 16.3 Å². The van der Waals surface area contributed by atoms with Crippen LogP contribution in [-0.4, -0.2) is 28.8 Å². The Balaban J connectivity index is 1.48. The van der Waals surface area contributed by atoms with Gasteiger partial charge in [-0.2, -0.15) is 0 Å². The molecule has 0 spiro atoms. The number of benzene rings is 2. The normalized spacial score (nSPS) is 16.1. The number of hydrogen-bond acceptors (Lipinski definition) is 4. The number of rotatable bonds is 7. The van der Waals surface area contributed by atoms with Crippen LogP contribution in [0.15, 0.2) is 42.5 Å². The standard InChI is InChI=1S/C21H21ClN2O4/c1-23(20(13-2-3-13)14-4-5-14)21(25)15-6-9-17(10-7-15)28-19-11-8-16(22)12-18(19)24(26)27/h6-14,20H,2-5H2,1H3. The summed E-state index contributed by atoms with van der Waals surface area (Å²) in [5.74, 6) is 1.83. The largest absolute Gasteiger partial charge is 0.450 e. The Morgan fingerprint density at radius 1 is 1.14 bits per heavy atom. The quantitative estimate of drug-likeness (QED) is 0.467. The van der Waals surface area contributed by atoms with Crippen LogP contribution in [0, 0.1) is 22.0 Å². The molecule has 28 heavy (non-hydrogen) atoms. The van der Waals surface area contributed by atoms with Crippen LogP contribution < -0.4 is 4.74 Å². The second-order valence-corrected chi connectivity index (χ2v) is 8.01. The van der Waals surface area contributed by atoms with E-state index in [9.17, 15) is 14.9 Å². The van der Waals surface area contributed by atoms with Crippen LogP contribution in [0.2, 0.25) is 5.02 Å². The number of amides is 1. The minimum absolute atomic E-state index is 0.00724. The Morgan fingerprint density at radius 2 is 1.75 bits per heavy atom. The average Bonchev–Trinajstić information content (AvgIpc) is 3.58. The highest BCUT2D eigenvalue weighted by atomic mass is 35.5. The van der Waals surface area contributed by atoms with Crippen molar-refractivity contribution in [1.82, 2.24) is 4.90 Å². The van der Waals surface area contributed by atoms with Gasteiger partial charge < -0.3 is 9.64 Å². The van der Waals surface area contributed by atoms with Gasteiger partial charge in [0.1, 0.15) is 5.75 Å². The summed E-state index contributed by atoms with van der Waals surface area (Å²) in [4.78, 5) is 25.4. The van der Waals surface area contributed by atoms with Gasteiger partial charge in [-0.25, -0.2) is 0 Å². The molecule has 4 rings (SSSR count). The van der Waals surface area contributed by atoms with Gasteiger partial charge in [0.05, 0.1) is 4.92 Å². The monoisotopic (exact) mass is 400 g/mol. The van der Waals surface area contributed by atoms with Gasteiger partial charge in [-0.3, -0.25) is 14.9 Å². The van der Waals surface area contributed by atoms with Gasteiger partial charge >= 0.3 is 5.69 Å². The minimum Gasteiger partial charge on any atom is -0.450 e. The summed E-state index contributed by atoms with van der Waals surface area (Å²) >= 11 is 5.83. The zero-order valence-corrected chi connectivity index (χ0v) is 16.3. The molecule has 2 aromatic carbocycles. The molecule has 0 radical (unpaired) electrons. The fraction of sp³-hybridized carbons (Fsp3) is 0.381. The lowest BCUT2D eigenvalue weighted by Crippen LogP contribution is -2.40. The molecule has 0 N–H and O–H groups in total. The summed E-state index contributed by atoms with van der Waals surface area (Å²) in [6, 6.07) is 11.3. The van der Waals surface area contributed by atoms with Crippen molar-refractivity contribution < 1.29 is 14.5 Å². The molecule has 1 amide bonds. The third-order valence-electron chi connectivity index (χ3n) is 5.42. The van der Waals surface area contributed by atoms with Crippen LogP contribution in [-0.2, 0) is 0 Å². The second-order valence-electron chi connectivity index (χ2n) is 7.58. The van der Waals surface area contributed by atoms with Crippen LogP contribution in [0.25, 0.3) is 0 Å². The lowest BCUT2D eigenvalue weighted by Gasteiger charge is -2.28. The molecule has 0 unspecified atom stereocenters. The van der Waals surface area contributed by atoms with Gasteiger partial charge in [-0.05, 0) is 73.9 Å². The highest BCUT2D eigenvalue weighted by Gasteiger charge is 2.45. The third-order valence-corrected chi connectivity index (χ3v) is 5.66. The number of nitrogens with zero attached hydrogens (tertiary/aromatic N) is 2. The van der Waals surface area contributed by atoms with Crippen LogP contribution in [0.5, 0.6) is 11.5 Å². The van der Waals surface area contributed by atoms with Crippen molar-refractivity contribution in [3.63, 3.8) is 0 Å². The first-order chi connectivity index (χ1) is 13.4. The summed E-state index contributed by atoms with van der Waals surface area (Å²) in [7, 11) is 1.89. The van der Waals surface area contributed by atoms with Crippen LogP contribution in [0.4, 0.5) is 5.69 Å². The van der Waals surface area contributed by atoms with Gasteiger partial charge in [0, 0.05) is 29.7 Å². The lowest BCUT2D eigenvalue weighted by molar-refractivity contribution is -0.385. The fourth-order valence-corrected chi connectivity index (χ4v) is 3.91. The first-order valence-electron chi connectivity index (χ1n) is 9.43. The molecule has 2 aromatic rings. The first-order valence-corrected chi connectivity index (χ1v) is 9.81. The van der Waals surface area contributed by atoms with Crippen molar-refractivity contribution in [1.29, 1.82) is 0 Å². The maximum atomic E-state index is 12.9. The molecule has 0 bridgehead atoms. The van der Waals surface area contributed by atoms with Gasteiger partial charge in [-0.1, -0.05) is 11.6 Å². The predicted molar refractivity (Wildman–Crippen MR) is 106 cm³/mol. The summed E-state index contributed by atoms with van der Waals surface area (Å²) < 4.78 is 5.64. The molecule has 2 aliphatic rings. The summed E-state index contributed by atoms with van der Waals surface area (Å²) in [5.41, 5.74) is 0.385. The molecule has 6 nitrogen and oxygen atoms in total. The lowest BCUT2D eigenvalue weighted by atomic mass is 10.0. The molecule has 0 atom stereocenters. The number of hydrogen-bond donors (Lipinski definition) is 0. The van der Waals surface area contributed by atoms with Crippen molar-refractivity contribution >= 4 is 23.2 Å². The molecule has 2 aliphatic carbocycles. The SMILES string of the molecule is CN(C(=O)c1ccc(Oc2ccc(Cl)cc2[N+](=O)[O-])cc1)C(C1CC1)C1CC1. The zero-order chi connectivity index (χ0) is 19.8. The average molecular weight is 401 g/mol. The molecule has 0 aliphatic heterocycles. The molecule has 0 aromatic heterocycles. The smallest absolute Gasteiger partial charge is 0.313 e. The van der Waals surface area contributed by atoms with Gasteiger partial charge in [-0.15, -0.1) is 0 Å². The maximum absolute atomic E-state index is 12.9. The molecule has 2 fully saturated rings. The van der Waals surface area contributed by atoms with E-state index in [-0.39, 0.29) is 22.4 Å². The van der Waals surface area contributed by atoms with E-state index < -0.39 is 4.92 Å². The Morgan fingerprint density at radius 3 is 2.29 bits per heavy atom. The fourth-order valence-electron chi connectivity index (χ4n) is 3.74. The summed E-state index contributed by atoms with van der Waals surface area (Å²) in [5, 5.41) is 11.5. The number of halogens is 1. The number of nitro benzene ring substituents is 1.